The van der Waals surface area contributed by atoms with Gasteiger partial charge in [-0.25, -0.2) is 14.8 Å². The molecule has 2 aromatic rings. The Balaban J connectivity index is 1.15. The first-order chi connectivity index (χ1) is 17.0. The van der Waals surface area contributed by atoms with Crippen molar-refractivity contribution in [3.05, 3.63) is 30.1 Å². The molecule has 1 saturated carbocycles. The van der Waals surface area contributed by atoms with E-state index >= 15 is 0 Å². The molecule has 0 atom stereocenters. The summed E-state index contributed by atoms with van der Waals surface area (Å²) in [5.74, 6) is 0.403. The zero-order valence-electron chi connectivity index (χ0n) is 21.0. The van der Waals surface area contributed by atoms with Gasteiger partial charge in [0.05, 0.1) is 11.1 Å². The molecule has 1 aliphatic carbocycles. The summed E-state index contributed by atoms with van der Waals surface area (Å²) in [5.41, 5.74) is -0.732. The number of likely N-dealkylation sites (tertiary alicyclic amines) is 1. The lowest BCUT2D eigenvalue weighted by molar-refractivity contribution is -0.137. The molecule has 1 amide bonds. The van der Waals surface area contributed by atoms with Crippen molar-refractivity contribution in [3.63, 3.8) is 0 Å². The molecule has 2 aliphatic rings. The first kappa shape index (κ1) is 26.4. The Hall–Kier alpha value is -2.66. The van der Waals surface area contributed by atoms with Gasteiger partial charge in [-0.3, -0.25) is 4.90 Å². The molecule has 1 aromatic carbocycles. The molecule has 4 rings (SSSR count). The third-order valence-electron chi connectivity index (χ3n) is 6.66. The molecule has 0 radical (unpaired) electrons. The number of carbonyl (C=O) groups is 1. The van der Waals surface area contributed by atoms with Gasteiger partial charge in [0.15, 0.2) is 0 Å². The second-order valence-corrected chi connectivity index (χ2v) is 10.6. The van der Waals surface area contributed by atoms with Gasteiger partial charge in [-0.15, -0.1) is 0 Å². The quantitative estimate of drug-likeness (QED) is 0.484. The summed E-state index contributed by atoms with van der Waals surface area (Å²) in [5, 5.41) is 9.98. The van der Waals surface area contributed by atoms with Crippen molar-refractivity contribution in [3.8, 4) is 0 Å². The van der Waals surface area contributed by atoms with Crippen LogP contribution in [0.4, 0.5) is 23.8 Å². The van der Waals surface area contributed by atoms with Gasteiger partial charge in [-0.1, -0.05) is 0 Å². The van der Waals surface area contributed by atoms with E-state index in [1.54, 1.807) is 0 Å². The van der Waals surface area contributed by atoms with E-state index in [9.17, 15) is 18.0 Å². The highest BCUT2D eigenvalue weighted by Crippen LogP contribution is 2.32. The van der Waals surface area contributed by atoms with Crippen molar-refractivity contribution in [2.24, 2.45) is 0 Å². The van der Waals surface area contributed by atoms with Gasteiger partial charge in [-0.2, -0.15) is 13.2 Å². The number of aromatic nitrogens is 2. The molecule has 1 aliphatic heterocycles. The van der Waals surface area contributed by atoms with Crippen LogP contribution in [0.25, 0.3) is 10.9 Å². The molecule has 0 unspecified atom stereocenters. The SMILES string of the molecule is CC(C)(C)OC(=O)NC1CCC(N2CC(NCCNc3ncnc4ccc(C(F)(F)F)cc34)C2)CC1. The van der Waals surface area contributed by atoms with E-state index in [1.807, 2.05) is 20.8 Å². The second kappa shape index (κ2) is 10.8. The lowest BCUT2D eigenvalue weighted by Crippen LogP contribution is -2.62. The van der Waals surface area contributed by atoms with Crippen LogP contribution in [0.2, 0.25) is 0 Å². The number of nitrogens with one attached hydrogen (secondary N) is 3. The highest BCUT2D eigenvalue weighted by Gasteiger charge is 2.35. The number of hydrogen-bond donors (Lipinski definition) is 3. The van der Waals surface area contributed by atoms with Crippen LogP contribution >= 0.6 is 0 Å². The van der Waals surface area contributed by atoms with E-state index < -0.39 is 17.3 Å². The number of anilines is 1. The number of alkyl carbamates (subject to hydrolysis) is 1. The highest BCUT2D eigenvalue weighted by molar-refractivity contribution is 5.89. The fourth-order valence-corrected chi connectivity index (χ4v) is 4.83. The summed E-state index contributed by atoms with van der Waals surface area (Å²) in [6.45, 7) is 8.74. The summed E-state index contributed by atoms with van der Waals surface area (Å²) in [6.07, 6.45) is 0.602. The van der Waals surface area contributed by atoms with Crippen LogP contribution in [0, 0.1) is 0 Å². The summed E-state index contributed by atoms with van der Waals surface area (Å²) in [6, 6.07) is 4.59. The smallest absolute Gasteiger partial charge is 0.416 e. The predicted octanol–water partition coefficient (Wildman–Crippen LogP) is 4.17. The molecule has 3 N–H and O–H groups in total. The highest BCUT2D eigenvalue weighted by atomic mass is 19.4. The fourth-order valence-electron chi connectivity index (χ4n) is 4.83. The Bertz CT molecular complexity index is 1040. The van der Waals surface area contributed by atoms with Crippen molar-refractivity contribution in [1.29, 1.82) is 0 Å². The monoisotopic (exact) mass is 508 g/mol. The lowest BCUT2D eigenvalue weighted by Gasteiger charge is -2.47. The van der Waals surface area contributed by atoms with Crippen LogP contribution in [0.1, 0.15) is 52.0 Å². The summed E-state index contributed by atoms with van der Waals surface area (Å²) in [4.78, 5) is 22.7. The number of ether oxygens (including phenoxy) is 1. The lowest BCUT2D eigenvalue weighted by atomic mass is 9.88. The zero-order chi connectivity index (χ0) is 25.9. The molecular weight excluding hydrogens is 473 g/mol. The number of amides is 1. The number of nitrogens with zero attached hydrogens (tertiary/aromatic N) is 3. The van der Waals surface area contributed by atoms with Crippen molar-refractivity contribution in [1.82, 2.24) is 25.5 Å². The molecule has 11 heteroatoms. The van der Waals surface area contributed by atoms with Gasteiger partial charge in [0.1, 0.15) is 17.7 Å². The molecule has 2 heterocycles. The number of benzene rings is 1. The van der Waals surface area contributed by atoms with Crippen molar-refractivity contribution >= 4 is 22.8 Å². The maximum absolute atomic E-state index is 13.1. The van der Waals surface area contributed by atoms with Gasteiger partial charge in [0.25, 0.3) is 0 Å². The Morgan fingerprint density at radius 3 is 2.44 bits per heavy atom. The molecule has 1 aromatic heterocycles. The Morgan fingerprint density at radius 1 is 1.06 bits per heavy atom. The third kappa shape index (κ3) is 6.97. The maximum Gasteiger partial charge on any atom is 0.416 e. The van der Waals surface area contributed by atoms with Crippen molar-refractivity contribution in [2.45, 2.75) is 76.4 Å². The number of hydrogen-bond acceptors (Lipinski definition) is 7. The van der Waals surface area contributed by atoms with Crippen LogP contribution < -0.4 is 16.0 Å². The largest absolute Gasteiger partial charge is 0.444 e. The first-order valence-corrected chi connectivity index (χ1v) is 12.5. The molecule has 36 heavy (non-hydrogen) atoms. The standard InChI is InChI=1S/C25H35F3N6O2/c1-24(2,3)36-23(35)33-17-5-7-19(8-6-17)34-13-18(14-34)29-10-11-30-22-20-12-16(25(26,27)28)4-9-21(20)31-15-32-22/h4,9,12,15,17-19,29H,5-8,10-11,13-14H2,1-3H3,(H,33,35)(H,30,31,32). The minimum absolute atomic E-state index is 0.169. The summed E-state index contributed by atoms with van der Waals surface area (Å²) in [7, 11) is 0. The molecule has 8 nitrogen and oxygen atoms in total. The number of rotatable bonds is 7. The molecular formula is C25H35F3N6O2. The first-order valence-electron chi connectivity index (χ1n) is 12.5. The minimum atomic E-state index is -4.41. The number of alkyl halides is 3. The fraction of sp³-hybridized carbons (Fsp3) is 0.640. The second-order valence-electron chi connectivity index (χ2n) is 10.6. The van der Waals surface area contributed by atoms with Gasteiger partial charge < -0.3 is 20.7 Å². The Kier molecular flexibility index (Phi) is 7.89. The van der Waals surface area contributed by atoms with Crippen LogP contribution in [-0.2, 0) is 10.9 Å². The van der Waals surface area contributed by atoms with Gasteiger partial charge in [0, 0.05) is 49.7 Å². The van der Waals surface area contributed by atoms with Gasteiger partial charge in [0.2, 0.25) is 0 Å². The van der Waals surface area contributed by atoms with Gasteiger partial charge in [-0.05, 0) is 64.7 Å². The summed E-state index contributed by atoms with van der Waals surface area (Å²) >= 11 is 0. The molecule has 198 valence electrons. The van der Waals surface area contributed by atoms with E-state index in [2.05, 4.69) is 30.8 Å². The molecule has 1 saturated heterocycles. The Labute approximate surface area is 209 Å². The molecule has 0 spiro atoms. The molecule has 0 bridgehead atoms. The minimum Gasteiger partial charge on any atom is -0.444 e. The maximum atomic E-state index is 13.1. The number of halogens is 3. The van der Waals surface area contributed by atoms with Crippen molar-refractivity contribution < 1.29 is 22.7 Å². The zero-order valence-corrected chi connectivity index (χ0v) is 21.0. The number of fused-ring (bicyclic) bond motifs is 1. The average Bonchev–Trinajstić information content (AvgIpc) is 2.76. The molecule has 2 fully saturated rings. The normalized spacial score (nSPS) is 21.7. The Morgan fingerprint density at radius 2 is 1.78 bits per heavy atom. The van der Waals surface area contributed by atoms with E-state index in [0.29, 0.717) is 41.9 Å². The van der Waals surface area contributed by atoms with Gasteiger partial charge >= 0.3 is 12.3 Å². The predicted molar refractivity (Wildman–Crippen MR) is 132 cm³/mol. The van der Waals surface area contributed by atoms with Crippen LogP contribution in [0.3, 0.4) is 0 Å². The van der Waals surface area contributed by atoms with Crippen LogP contribution in [0.5, 0.6) is 0 Å². The topological polar surface area (TPSA) is 91.4 Å². The van der Waals surface area contributed by atoms with E-state index in [-0.39, 0.29) is 12.1 Å². The van der Waals surface area contributed by atoms with Crippen molar-refractivity contribution in [2.75, 3.05) is 31.5 Å². The van der Waals surface area contributed by atoms with E-state index in [0.717, 1.165) is 50.9 Å². The average molecular weight is 509 g/mol. The van der Waals surface area contributed by atoms with Crippen LogP contribution in [-0.4, -0.2) is 70.9 Å². The summed E-state index contributed by atoms with van der Waals surface area (Å²) < 4.78 is 44.6. The van der Waals surface area contributed by atoms with E-state index in [4.69, 9.17) is 4.74 Å². The van der Waals surface area contributed by atoms with Crippen LogP contribution in [0.15, 0.2) is 24.5 Å². The van der Waals surface area contributed by atoms with E-state index in [1.165, 1.54) is 12.4 Å². The number of carbonyl (C=O) groups excluding carboxylic acids is 1. The third-order valence-corrected chi connectivity index (χ3v) is 6.66.